The van der Waals surface area contributed by atoms with Crippen molar-refractivity contribution in [3.63, 3.8) is 0 Å². The number of amides is 1. The van der Waals surface area contributed by atoms with Gasteiger partial charge in [-0.1, -0.05) is 48.9 Å². The summed E-state index contributed by atoms with van der Waals surface area (Å²) in [5.74, 6) is -2.70. The first-order valence-electron chi connectivity index (χ1n) is 7.94. The second-order valence-electron chi connectivity index (χ2n) is 6.22. The summed E-state index contributed by atoms with van der Waals surface area (Å²) >= 11 is 0. The van der Waals surface area contributed by atoms with Gasteiger partial charge >= 0.3 is 5.97 Å². The topological polar surface area (TPSA) is 75.6 Å². The van der Waals surface area contributed by atoms with Gasteiger partial charge in [-0.2, -0.15) is 0 Å². The number of aryl methyl sites for hydroxylation is 1. The zero-order chi connectivity index (χ0) is 16.6. The summed E-state index contributed by atoms with van der Waals surface area (Å²) in [7, 11) is 0. The number of rotatable bonds is 5. The van der Waals surface area contributed by atoms with Crippen LogP contribution < -0.4 is 5.32 Å². The highest BCUT2D eigenvalue weighted by atomic mass is 16.5. The molecule has 5 nitrogen and oxygen atoms in total. The van der Waals surface area contributed by atoms with E-state index in [1.54, 1.807) is 12.2 Å². The highest BCUT2D eigenvalue weighted by Crippen LogP contribution is 2.39. The first kappa shape index (κ1) is 15.7. The van der Waals surface area contributed by atoms with Gasteiger partial charge in [0.05, 0.1) is 24.2 Å². The van der Waals surface area contributed by atoms with Gasteiger partial charge in [0.15, 0.2) is 0 Å². The molecule has 3 rings (SSSR count). The Bertz CT molecular complexity index is 637. The average Bonchev–Trinajstić information content (AvgIpc) is 3.14. The number of hydrogen-bond donors (Lipinski definition) is 2. The van der Waals surface area contributed by atoms with E-state index in [0.29, 0.717) is 0 Å². The molecule has 5 atom stereocenters. The number of ether oxygens (including phenoxy) is 1. The van der Waals surface area contributed by atoms with Crippen molar-refractivity contribution in [2.45, 2.75) is 38.5 Å². The second-order valence-corrected chi connectivity index (χ2v) is 6.22. The van der Waals surface area contributed by atoms with Crippen LogP contribution in [0.5, 0.6) is 0 Å². The van der Waals surface area contributed by atoms with Gasteiger partial charge in [-0.15, -0.1) is 0 Å². The van der Waals surface area contributed by atoms with Gasteiger partial charge in [0.25, 0.3) is 0 Å². The molecule has 1 saturated heterocycles. The second kappa shape index (κ2) is 6.16. The lowest BCUT2D eigenvalue weighted by Crippen LogP contribution is -2.43. The first-order valence-corrected chi connectivity index (χ1v) is 7.94. The highest BCUT2D eigenvalue weighted by Gasteiger charge is 2.53. The van der Waals surface area contributed by atoms with Crippen molar-refractivity contribution in [2.75, 3.05) is 0 Å². The zero-order valence-electron chi connectivity index (χ0n) is 13.2. The van der Waals surface area contributed by atoms with Crippen LogP contribution in [0, 0.1) is 18.8 Å². The molecule has 0 spiro atoms. The minimum Gasteiger partial charge on any atom is -0.481 e. The van der Waals surface area contributed by atoms with Crippen molar-refractivity contribution in [2.24, 2.45) is 11.8 Å². The molecule has 1 fully saturated rings. The molecule has 0 unspecified atom stereocenters. The van der Waals surface area contributed by atoms with Crippen molar-refractivity contribution in [3.8, 4) is 0 Å². The fourth-order valence-corrected chi connectivity index (χ4v) is 3.40. The van der Waals surface area contributed by atoms with E-state index in [1.807, 2.05) is 38.1 Å². The third-order valence-electron chi connectivity index (χ3n) is 4.69. The molecular formula is C18H21NO4. The smallest absolute Gasteiger partial charge is 0.310 e. The fraction of sp³-hybridized carbons (Fsp3) is 0.444. The van der Waals surface area contributed by atoms with Gasteiger partial charge in [0, 0.05) is 0 Å². The molecule has 0 aromatic heterocycles. The molecule has 1 aromatic rings. The Hall–Kier alpha value is -2.14. The van der Waals surface area contributed by atoms with Crippen LogP contribution in [-0.4, -0.2) is 29.2 Å². The molecule has 0 saturated carbocycles. The Labute approximate surface area is 135 Å². The Balaban J connectivity index is 1.76. The monoisotopic (exact) mass is 315 g/mol. The lowest BCUT2D eigenvalue weighted by molar-refractivity contribution is -0.146. The van der Waals surface area contributed by atoms with Gasteiger partial charge in [0.2, 0.25) is 5.91 Å². The molecular weight excluding hydrogens is 294 g/mol. The molecule has 2 aliphatic heterocycles. The number of carbonyl (C=O) groups excluding carboxylic acids is 1. The first-order chi connectivity index (χ1) is 11.0. The van der Waals surface area contributed by atoms with Crippen molar-refractivity contribution in [1.82, 2.24) is 5.32 Å². The Morgan fingerprint density at radius 3 is 2.35 bits per heavy atom. The van der Waals surface area contributed by atoms with E-state index < -0.39 is 30.0 Å². The van der Waals surface area contributed by atoms with E-state index in [1.165, 1.54) is 0 Å². The Morgan fingerprint density at radius 2 is 1.78 bits per heavy atom. The fourth-order valence-electron chi connectivity index (χ4n) is 3.40. The molecule has 2 heterocycles. The summed E-state index contributed by atoms with van der Waals surface area (Å²) in [6.45, 7) is 4.01. The van der Waals surface area contributed by atoms with Crippen molar-refractivity contribution in [1.29, 1.82) is 0 Å². The highest BCUT2D eigenvalue weighted by molar-refractivity contribution is 5.87. The number of aliphatic carboxylic acids is 1. The Morgan fingerprint density at radius 1 is 1.17 bits per heavy atom. The third-order valence-corrected chi connectivity index (χ3v) is 4.69. The van der Waals surface area contributed by atoms with Crippen LogP contribution in [0.2, 0.25) is 0 Å². The maximum atomic E-state index is 12.7. The molecule has 1 amide bonds. The number of fused-ring (bicyclic) bond motifs is 2. The van der Waals surface area contributed by atoms with Crippen LogP contribution in [0.4, 0.5) is 0 Å². The number of nitrogens with one attached hydrogen (secondary N) is 1. The van der Waals surface area contributed by atoms with E-state index >= 15 is 0 Å². The summed E-state index contributed by atoms with van der Waals surface area (Å²) in [4.78, 5) is 24.1. The number of carboxylic acid groups (broad SMARTS) is 1. The minimum absolute atomic E-state index is 0.124. The van der Waals surface area contributed by atoms with Crippen molar-refractivity contribution in [3.05, 3.63) is 47.5 Å². The van der Waals surface area contributed by atoms with Crippen LogP contribution in [0.15, 0.2) is 36.4 Å². The lowest BCUT2D eigenvalue weighted by atomic mass is 9.82. The SMILES string of the molecule is CC[C@@H](NC(=O)[C@H]1[C@@H](C(=O)O)[C@H]2C=C[C@@H]1O2)c1ccc(C)cc1. The summed E-state index contributed by atoms with van der Waals surface area (Å²) in [5.41, 5.74) is 2.19. The predicted molar refractivity (Wildman–Crippen MR) is 84.8 cm³/mol. The summed E-state index contributed by atoms with van der Waals surface area (Å²) in [5, 5.41) is 12.4. The van der Waals surface area contributed by atoms with Crippen LogP contribution in [0.3, 0.4) is 0 Å². The normalized spacial score (nSPS) is 29.5. The van der Waals surface area contributed by atoms with Gasteiger partial charge in [0.1, 0.15) is 5.92 Å². The Kier molecular flexibility index (Phi) is 4.22. The molecule has 1 aromatic carbocycles. The largest absolute Gasteiger partial charge is 0.481 e. The predicted octanol–water partition coefficient (Wildman–Crippen LogP) is 2.22. The standard InChI is InChI=1S/C18H21NO4/c1-3-12(11-6-4-10(2)5-7-11)19-17(20)15-13-8-9-14(23-13)16(15)18(21)22/h4-9,12-16H,3H2,1-2H3,(H,19,20)(H,21,22)/t12-,13+,14-,15-,16+/m1/s1. The van der Waals surface area contributed by atoms with Crippen molar-refractivity contribution >= 4 is 11.9 Å². The quantitative estimate of drug-likeness (QED) is 0.817. The van der Waals surface area contributed by atoms with Gasteiger partial charge in [-0.25, -0.2) is 0 Å². The van der Waals surface area contributed by atoms with Crippen LogP contribution in [0.25, 0.3) is 0 Å². The minimum atomic E-state index is -0.981. The molecule has 0 aliphatic carbocycles. The average molecular weight is 315 g/mol. The molecule has 122 valence electrons. The van der Waals surface area contributed by atoms with Crippen LogP contribution in [-0.2, 0) is 14.3 Å². The van der Waals surface area contributed by atoms with E-state index in [0.717, 1.165) is 17.5 Å². The molecule has 23 heavy (non-hydrogen) atoms. The lowest BCUT2D eigenvalue weighted by Gasteiger charge is -2.25. The molecule has 2 bridgehead atoms. The number of hydrogen-bond acceptors (Lipinski definition) is 3. The zero-order valence-corrected chi connectivity index (χ0v) is 13.2. The maximum Gasteiger partial charge on any atom is 0.310 e. The summed E-state index contributed by atoms with van der Waals surface area (Å²) in [6.07, 6.45) is 3.35. The molecule has 2 N–H and O–H groups in total. The van der Waals surface area contributed by atoms with Gasteiger partial charge < -0.3 is 15.2 Å². The number of carboxylic acids is 1. The van der Waals surface area contributed by atoms with Gasteiger partial charge in [-0.3, -0.25) is 9.59 Å². The van der Waals surface area contributed by atoms with E-state index in [-0.39, 0.29) is 11.9 Å². The molecule has 5 heteroatoms. The van der Waals surface area contributed by atoms with E-state index in [9.17, 15) is 14.7 Å². The van der Waals surface area contributed by atoms with Crippen molar-refractivity contribution < 1.29 is 19.4 Å². The van der Waals surface area contributed by atoms with E-state index in [4.69, 9.17) is 4.74 Å². The summed E-state index contributed by atoms with van der Waals surface area (Å²) < 4.78 is 5.56. The maximum absolute atomic E-state index is 12.7. The summed E-state index contributed by atoms with van der Waals surface area (Å²) in [6, 6.07) is 7.88. The molecule has 2 aliphatic rings. The van der Waals surface area contributed by atoms with Crippen LogP contribution in [0.1, 0.15) is 30.5 Å². The third kappa shape index (κ3) is 2.88. The van der Waals surface area contributed by atoms with Crippen LogP contribution >= 0.6 is 0 Å². The molecule has 0 radical (unpaired) electrons. The number of benzene rings is 1. The van der Waals surface area contributed by atoms with Gasteiger partial charge in [-0.05, 0) is 18.9 Å². The number of carbonyl (C=O) groups is 2. The van der Waals surface area contributed by atoms with E-state index in [2.05, 4.69) is 5.32 Å².